The van der Waals surface area contributed by atoms with E-state index in [9.17, 15) is 9.59 Å². The van der Waals surface area contributed by atoms with Crippen LogP contribution in [-0.4, -0.2) is 47.0 Å². The van der Waals surface area contributed by atoms with Crippen LogP contribution in [0.25, 0.3) is 0 Å². The molecule has 2 unspecified atom stereocenters. The Kier molecular flexibility index (Phi) is 3.72. The van der Waals surface area contributed by atoms with Gasteiger partial charge in [0.05, 0.1) is 18.2 Å². The molecule has 21 heavy (non-hydrogen) atoms. The number of carbonyl (C=O) groups excluding carboxylic acids is 2. The first kappa shape index (κ1) is 14.8. The Hall–Kier alpha value is -1.10. The van der Waals surface area contributed by atoms with Crippen LogP contribution >= 0.6 is 0 Å². The molecule has 2 heterocycles. The van der Waals surface area contributed by atoms with Gasteiger partial charge in [-0.25, -0.2) is 0 Å². The van der Waals surface area contributed by atoms with Crippen molar-refractivity contribution in [1.29, 1.82) is 0 Å². The molecule has 3 fully saturated rings. The van der Waals surface area contributed by atoms with Gasteiger partial charge in [0.1, 0.15) is 5.54 Å². The summed E-state index contributed by atoms with van der Waals surface area (Å²) in [5.41, 5.74) is -0.654. The Morgan fingerprint density at radius 1 is 1.29 bits per heavy atom. The van der Waals surface area contributed by atoms with Gasteiger partial charge in [-0.05, 0) is 39.0 Å². The van der Waals surface area contributed by atoms with Crippen molar-refractivity contribution >= 4 is 11.8 Å². The fourth-order valence-corrected chi connectivity index (χ4v) is 4.11. The third-order valence-electron chi connectivity index (χ3n) is 5.71. The zero-order chi connectivity index (χ0) is 15.1. The Morgan fingerprint density at radius 2 is 2.00 bits per heavy atom. The van der Waals surface area contributed by atoms with Gasteiger partial charge >= 0.3 is 0 Å². The van der Waals surface area contributed by atoms with Crippen LogP contribution in [0.3, 0.4) is 0 Å². The largest absolute Gasteiger partial charge is 0.370 e. The zero-order valence-electron chi connectivity index (χ0n) is 13.1. The third-order valence-corrected chi connectivity index (χ3v) is 5.71. The summed E-state index contributed by atoms with van der Waals surface area (Å²) in [5.74, 6) is -0.0342. The maximum absolute atomic E-state index is 12.3. The van der Waals surface area contributed by atoms with Crippen molar-refractivity contribution in [3.05, 3.63) is 0 Å². The smallest absolute Gasteiger partial charge is 0.246 e. The number of rotatable bonds is 3. The van der Waals surface area contributed by atoms with Crippen LogP contribution < -0.4 is 5.32 Å². The molecule has 0 radical (unpaired) electrons. The minimum atomic E-state index is -0.732. The van der Waals surface area contributed by atoms with Gasteiger partial charge in [0.25, 0.3) is 0 Å². The molecule has 0 aromatic rings. The molecule has 0 aromatic carbocycles. The maximum Gasteiger partial charge on any atom is 0.246 e. The number of amides is 2. The SMILES string of the molecule is CCC1(C)C(=O)NCC(=O)N1CC1CCC2(CCCC2)O1. The van der Waals surface area contributed by atoms with Gasteiger partial charge in [-0.15, -0.1) is 0 Å². The van der Waals surface area contributed by atoms with Crippen LogP contribution in [0.1, 0.15) is 58.8 Å². The van der Waals surface area contributed by atoms with Crippen molar-refractivity contribution in [2.75, 3.05) is 13.1 Å². The number of nitrogens with one attached hydrogen (secondary N) is 1. The fraction of sp³-hybridized carbons (Fsp3) is 0.875. The molecule has 0 aromatic heterocycles. The van der Waals surface area contributed by atoms with Gasteiger partial charge in [0.2, 0.25) is 11.8 Å². The molecule has 1 saturated carbocycles. The average molecular weight is 294 g/mol. The fourth-order valence-electron chi connectivity index (χ4n) is 4.11. The van der Waals surface area contributed by atoms with E-state index in [1.165, 1.54) is 12.8 Å². The molecule has 1 N–H and O–H groups in total. The van der Waals surface area contributed by atoms with Gasteiger partial charge in [0.15, 0.2) is 0 Å². The molecule has 2 aliphatic heterocycles. The van der Waals surface area contributed by atoms with Crippen LogP contribution in [0.5, 0.6) is 0 Å². The number of piperazine rings is 1. The minimum absolute atomic E-state index is 0.00919. The molecule has 0 bridgehead atoms. The number of hydrogen-bond acceptors (Lipinski definition) is 3. The Balaban J connectivity index is 1.70. The quantitative estimate of drug-likeness (QED) is 0.860. The van der Waals surface area contributed by atoms with E-state index in [2.05, 4.69) is 5.32 Å². The van der Waals surface area contributed by atoms with E-state index in [0.717, 1.165) is 25.7 Å². The number of carbonyl (C=O) groups is 2. The molecule has 2 saturated heterocycles. The summed E-state index contributed by atoms with van der Waals surface area (Å²) in [5, 5.41) is 2.71. The predicted molar refractivity (Wildman–Crippen MR) is 78.7 cm³/mol. The normalized spacial score (nSPS) is 35.5. The molecule has 5 nitrogen and oxygen atoms in total. The highest BCUT2D eigenvalue weighted by molar-refractivity contribution is 5.97. The topological polar surface area (TPSA) is 58.6 Å². The van der Waals surface area contributed by atoms with E-state index >= 15 is 0 Å². The number of hydrogen-bond donors (Lipinski definition) is 1. The molecule has 1 aliphatic carbocycles. The molecule has 118 valence electrons. The van der Waals surface area contributed by atoms with Crippen molar-refractivity contribution in [2.24, 2.45) is 0 Å². The van der Waals surface area contributed by atoms with E-state index in [4.69, 9.17) is 4.74 Å². The molecule has 2 amide bonds. The highest BCUT2D eigenvalue weighted by Crippen LogP contribution is 2.43. The van der Waals surface area contributed by atoms with Gasteiger partial charge in [-0.2, -0.15) is 0 Å². The van der Waals surface area contributed by atoms with E-state index in [1.54, 1.807) is 4.90 Å². The first-order valence-electron chi connectivity index (χ1n) is 8.26. The highest BCUT2D eigenvalue weighted by Gasteiger charge is 2.48. The highest BCUT2D eigenvalue weighted by atomic mass is 16.5. The molecule has 5 heteroatoms. The summed E-state index contributed by atoms with van der Waals surface area (Å²) < 4.78 is 6.31. The lowest BCUT2D eigenvalue weighted by Gasteiger charge is -2.44. The number of ether oxygens (including phenoxy) is 1. The molecule has 1 spiro atoms. The van der Waals surface area contributed by atoms with Crippen molar-refractivity contribution in [2.45, 2.75) is 76.0 Å². The van der Waals surface area contributed by atoms with E-state index in [0.29, 0.717) is 13.0 Å². The van der Waals surface area contributed by atoms with Crippen LogP contribution in [0, 0.1) is 0 Å². The van der Waals surface area contributed by atoms with Gasteiger partial charge in [0, 0.05) is 6.54 Å². The second-order valence-corrected chi connectivity index (χ2v) is 6.98. The first-order valence-corrected chi connectivity index (χ1v) is 8.26. The van der Waals surface area contributed by atoms with Crippen LogP contribution in [0.4, 0.5) is 0 Å². The number of nitrogens with zero attached hydrogens (tertiary/aromatic N) is 1. The predicted octanol–water partition coefficient (Wildman–Crippen LogP) is 1.61. The van der Waals surface area contributed by atoms with Gasteiger partial charge < -0.3 is 15.0 Å². The third kappa shape index (κ3) is 2.45. The van der Waals surface area contributed by atoms with Crippen LogP contribution in [0.15, 0.2) is 0 Å². The monoisotopic (exact) mass is 294 g/mol. The summed E-state index contributed by atoms with van der Waals surface area (Å²) >= 11 is 0. The summed E-state index contributed by atoms with van der Waals surface area (Å²) in [7, 11) is 0. The van der Waals surface area contributed by atoms with Crippen LogP contribution in [-0.2, 0) is 14.3 Å². The summed E-state index contributed by atoms with van der Waals surface area (Å²) in [4.78, 5) is 26.2. The minimum Gasteiger partial charge on any atom is -0.370 e. The molecule has 3 rings (SSSR count). The summed E-state index contributed by atoms with van der Waals surface area (Å²) in [6.07, 6.45) is 7.65. The van der Waals surface area contributed by atoms with Gasteiger partial charge in [-0.3, -0.25) is 9.59 Å². The average Bonchev–Trinajstić information content (AvgIpc) is 3.10. The first-order chi connectivity index (χ1) is 9.99. The standard InChI is InChI=1S/C16H26N2O3/c1-3-15(2)14(20)17-10-13(19)18(15)11-12-6-9-16(21-12)7-4-5-8-16/h12H,3-11H2,1-2H3,(H,17,20). The second-order valence-electron chi connectivity index (χ2n) is 6.98. The van der Waals surface area contributed by atoms with Crippen molar-refractivity contribution in [3.63, 3.8) is 0 Å². The van der Waals surface area contributed by atoms with Crippen molar-refractivity contribution in [3.8, 4) is 0 Å². The zero-order valence-corrected chi connectivity index (χ0v) is 13.1. The second kappa shape index (κ2) is 5.27. The van der Waals surface area contributed by atoms with Crippen molar-refractivity contribution in [1.82, 2.24) is 10.2 Å². The lowest BCUT2D eigenvalue weighted by molar-refractivity contribution is -0.156. The van der Waals surface area contributed by atoms with Crippen LogP contribution in [0.2, 0.25) is 0 Å². The molecular formula is C16H26N2O3. The van der Waals surface area contributed by atoms with Crippen molar-refractivity contribution < 1.29 is 14.3 Å². The Bertz CT molecular complexity index is 445. The van der Waals surface area contributed by atoms with E-state index in [1.807, 2.05) is 13.8 Å². The maximum atomic E-state index is 12.3. The molecule has 3 aliphatic rings. The Labute approximate surface area is 126 Å². The molecular weight excluding hydrogens is 268 g/mol. The van der Waals surface area contributed by atoms with E-state index < -0.39 is 5.54 Å². The summed E-state index contributed by atoms with van der Waals surface area (Å²) in [6.45, 7) is 4.49. The van der Waals surface area contributed by atoms with E-state index in [-0.39, 0.29) is 30.1 Å². The lowest BCUT2D eigenvalue weighted by Crippen LogP contribution is -2.66. The lowest BCUT2D eigenvalue weighted by atomic mass is 9.92. The molecule has 2 atom stereocenters. The summed E-state index contributed by atoms with van der Waals surface area (Å²) in [6, 6.07) is 0. The van der Waals surface area contributed by atoms with Gasteiger partial charge in [-0.1, -0.05) is 19.8 Å². The Morgan fingerprint density at radius 3 is 2.67 bits per heavy atom.